The standard InChI is InChI=1S/C11H25N3/c1-11(12)5-9-14(10-6-11)8-4-7-13(2)3/h4-10,12H2,1-3H3. The van der Waals surface area contributed by atoms with Gasteiger partial charge in [-0.15, -0.1) is 0 Å². The lowest BCUT2D eigenvalue weighted by Crippen LogP contribution is -2.48. The lowest BCUT2D eigenvalue weighted by atomic mass is 9.91. The third kappa shape index (κ3) is 4.40. The first-order valence-corrected chi connectivity index (χ1v) is 5.66. The second kappa shape index (κ2) is 5.10. The van der Waals surface area contributed by atoms with Crippen LogP contribution in [0.25, 0.3) is 0 Å². The van der Waals surface area contributed by atoms with Crippen LogP contribution >= 0.6 is 0 Å². The van der Waals surface area contributed by atoms with Crippen molar-refractivity contribution < 1.29 is 0 Å². The quantitative estimate of drug-likeness (QED) is 0.725. The number of piperidine rings is 1. The Kier molecular flexibility index (Phi) is 4.35. The number of rotatable bonds is 4. The van der Waals surface area contributed by atoms with Crippen molar-refractivity contribution in [3.8, 4) is 0 Å². The van der Waals surface area contributed by atoms with Gasteiger partial charge in [-0.2, -0.15) is 0 Å². The van der Waals surface area contributed by atoms with Crippen molar-refractivity contribution in [1.29, 1.82) is 0 Å². The molecule has 0 bridgehead atoms. The van der Waals surface area contributed by atoms with Crippen LogP contribution in [-0.2, 0) is 0 Å². The summed E-state index contributed by atoms with van der Waals surface area (Å²) in [5, 5.41) is 0. The smallest absolute Gasteiger partial charge is 0.0150 e. The van der Waals surface area contributed by atoms with Gasteiger partial charge >= 0.3 is 0 Å². The number of hydrogen-bond acceptors (Lipinski definition) is 3. The van der Waals surface area contributed by atoms with Crippen LogP contribution in [0, 0.1) is 0 Å². The molecule has 1 heterocycles. The SMILES string of the molecule is CN(C)CCCN1CCC(C)(N)CC1. The zero-order chi connectivity index (χ0) is 10.6. The fourth-order valence-electron chi connectivity index (χ4n) is 1.90. The Balaban J connectivity index is 2.10. The molecule has 2 N–H and O–H groups in total. The number of hydrogen-bond donors (Lipinski definition) is 1. The maximum Gasteiger partial charge on any atom is 0.0150 e. The molecule has 0 saturated carbocycles. The zero-order valence-corrected chi connectivity index (χ0v) is 9.92. The third-order valence-corrected chi connectivity index (χ3v) is 3.08. The van der Waals surface area contributed by atoms with Gasteiger partial charge in [0.05, 0.1) is 0 Å². The summed E-state index contributed by atoms with van der Waals surface area (Å²) in [5.74, 6) is 0. The first-order valence-electron chi connectivity index (χ1n) is 5.66. The molecule has 3 nitrogen and oxygen atoms in total. The summed E-state index contributed by atoms with van der Waals surface area (Å²) >= 11 is 0. The van der Waals surface area contributed by atoms with Crippen LogP contribution < -0.4 is 5.73 Å². The van der Waals surface area contributed by atoms with Crippen LogP contribution in [0.15, 0.2) is 0 Å². The van der Waals surface area contributed by atoms with Gasteiger partial charge in [0.25, 0.3) is 0 Å². The van der Waals surface area contributed by atoms with E-state index >= 15 is 0 Å². The summed E-state index contributed by atoms with van der Waals surface area (Å²) < 4.78 is 0. The van der Waals surface area contributed by atoms with Crippen LogP contribution in [0.3, 0.4) is 0 Å². The molecule has 84 valence electrons. The van der Waals surface area contributed by atoms with Crippen LogP contribution in [-0.4, -0.2) is 55.6 Å². The Hall–Kier alpha value is -0.120. The highest BCUT2D eigenvalue weighted by atomic mass is 15.1. The Morgan fingerprint density at radius 2 is 1.86 bits per heavy atom. The molecule has 0 radical (unpaired) electrons. The van der Waals surface area contributed by atoms with Crippen molar-refractivity contribution >= 4 is 0 Å². The minimum absolute atomic E-state index is 0.0953. The van der Waals surface area contributed by atoms with E-state index in [1.54, 1.807) is 0 Å². The number of nitrogens with zero attached hydrogens (tertiary/aromatic N) is 2. The Bertz CT molecular complexity index is 156. The van der Waals surface area contributed by atoms with Gasteiger partial charge in [-0.05, 0) is 66.5 Å². The topological polar surface area (TPSA) is 32.5 Å². The predicted octanol–water partition coefficient (Wildman–Crippen LogP) is 0.751. The zero-order valence-electron chi connectivity index (χ0n) is 9.92. The van der Waals surface area contributed by atoms with Crippen molar-refractivity contribution in [2.75, 3.05) is 40.3 Å². The summed E-state index contributed by atoms with van der Waals surface area (Å²) in [6.07, 6.45) is 3.57. The van der Waals surface area contributed by atoms with E-state index in [-0.39, 0.29) is 5.54 Å². The van der Waals surface area contributed by atoms with Gasteiger partial charge in [0.2, 0.25) is 0 Å². The van der Waals surface area contributed by atoms with Crippen LogP contribution in [0.2, 0.25) is 0 Å². The molecule has 3 heteroatoms. The third-order valence-electron chi connectivity index (χ3n) is 3.08. The Morgan fingerprint density at radius 1 is 1.29 bits per heavy atom. The molecular formula is C11H25N3. The van der Waals surface area contributed by atoms with Crippen molar-refractivity contribution in [1.82, 2.24) is 9.80 Å². The van der Waals surface area contributed by atoms with E-state index in [0.29, 0.717) is 0 Å². The van der Waals surface area contributed by atoms with Gasteiger partial charge < -0.3 is 15.5 Å². The van der Waals surface area contributed by atoms with Gasteiger partial charge in [0, 0.05) is 5.54 Å². The highest BCUT2D eigenvalue weighted by Crippen LogP contribution is 2.18. The molecule has 0 spiro atoms. The van der Waals surface area contributed by atoms with Crippen molar-refractivity contribution in [2.24, 2.45) is 5.73 Å². The van der Waals surface area contributed by atoms with E-state index in [0.717, 1.165) is 12.8 Å². The average Bonchev–Trinajstić information content (AvgIpc) is 2.07. The van der Waals surface area contributed by atoms with Gasteiger partial charge in [-0.3, -0.25) is 0 Å². The first kappa shape index (κ1) is 12.0. The highest BCUT2D eigenvalue weighted by molar-refractivity contribution is 4.85. The second-order valence-corrected chi connectivity index (χ2v) is 5.15. The summed E-state index contributed by atoms with van der Waals surface area (Å²) in [4.78, 5) is 4.79. The van der Waals surface area contributed by atoms with Gasteiger partial charge in [-0.1, -0.05) is 0 Å². The minimum atomic E-state index is 0.0953. The van der Waals surface area contributed by atoms with Crippen molar-refractivity contribution in [2.45, 2.75) is 31.7 Å². The maximum absolute atomic E-state index is 6.08. The van der Waals surface area contributed by atoms with Crippen LogP contribution in [0.5, 0.6) is 0 Å². The molecule has 0 aromatic heterocycles. The van der Waals surface area contributed by atoms with E-state index in [2.05, 4.69) is 30.8 Å². The highest BCUT2D eigenvalue weighted by Gasteiger charge is 2.25. The molecular weight excluding hydrogens is 174 g/mol. The largest absolute Gasteiger partial charge is 0.325 e. The summed E-state index contributed by atoms with van der Waals surface area (Å²) in [6.45, 7) is 6.95. The van der Waals surface area contributed by atoms with Crippen LogP contribution in [0.1, 0.15) is 26.2 Å². The lowest BCUT2D eigenvalue weighted by Gasteiger charge is -2.36. The molecule has 0 aromatic rings. The predicted molar refractivity (Wildman–Crippen MR) is 61.4 cm³/mol. The monoisotopic (exact) mass is 199 g/mol. The van der Waals surface area contributed by atoms with Gasteiger partial charge in [0.1, 0.15) is 0 Å². The minimum Gasteiger partial charge on any atom is -0.325 e. The Labute approximate surface area is 88.2 Å². The van der Waals surface area contributed by atoms with Crippen molar-refractivity contribution in [3.05, 3.63) is 0 Å². The van der Waals surface area contributed by atoms with Gasteiger partial charge in [-0.25, -0.2) is 0 Å². The molecule has 0 aromatic carbocycles. The fraction of sp³-hybridized carbons (Fsp3) is 1.00. The molecule has 0 atom stereocenters. The fourth-order valence-corrected chi connectivity index (χ4v) is 1.90. The summed E-state index contributed by atoms with van der Waals surface area (Å²) in [6, 6.07) is 0. The van der Waals surface area contributed by atoms with E-state index in [1.165, 1.54) is 32.6 Å². The first-order chi connectivity index (χ1) is 6.49. The van der Waals surface area contributed by atoms with E-state index in [9.17, 15) is 0 Å². The molecule has 1 fully saturated rings. The van der Waals surface area contributed by atoms with Crippen molar-refractivity contribution in [3.63, 3.8) is 0 Å². The molecule has 14 heavy (non-hydrogen) atoms. The average molecular weight is 199 g/mol. The second-order valence-electron chi connectivity index (χ2n) is 5.15. The van der Waals surface area contributed by atoms with Gasteiger partial charge in [0.15, 0.2) is 0 Å². The molecule has 1 rings (SSSR count). The molecule has 1 aliphatic rings. The molecule has 0 unspecified atom stereocenters. The molecule has 0 amide bonds. The molecule has 1 aliphatic heterocycles. The summed E-state index contributed by atoms with van der Waals surface area (Å²) in [5.41, 5.74) is 6.18. The van der Waals surface area contributed by atoms with Crippen LogP contribution in [0.4, 0.5) is 0 Å². The van der Waals surface area contributed by atoms with E-state index in [4.69, 9.17) is 5.73 Å². The maximum atomic E-state index is 6.08. The van der Waals surface area contributed by atoms with E-state index in [1.807, 2.05) is 0 Å². The molecule has 1 saturated heterocycles. The normalized spacial score (nSPS) is 22.9. The number of likely N-dealkylation sites (tertiary alicyclic amines) is 1. The molecule has 0 aliphatic carbocycles. The number of nitrogens with two attached hydrogens (primary N) is 1. The lowest BCUT2D eigenvalue weighted by molar-refractivity contribution is 0.166. The summed E-state index contributed by atoms with van der Waals surface area (Å²) in [7, 11) is 4.26. The van der Waals surface area contributed by atoms with E-state index < -0.39 is 0 Å². The Morgan fingerprint density at radius 3 is 2.36 bits per heavy atom.